The number of carbonyl (C=O) groups excluding carboxylic acids is 1. The molecule has 4 nitrogen and oxygen atoms in total. The number of rotatable bonds is 4. The van der Waals surface area contributed by atoms with Crippen LogP contribution in [0, 0.1) is 0 Å². The second-order valence-electron chi connectivity index (χ2n) is 6.01. The lowest BCUT2D eigenvalue weighted by molar-refractivity contribution is -0.132. The van der Waals surface area contributed by atoms with Crippen molar-refractivity contribution in [2.45, 2.75) is 25.3 Å². The summed E-state index contributed by atoms with van der Waals surface area (Å²) in [6.07, 6.45) is 3.58. The normalized spacial score (nSPS) is 21.9. The number of ether oxygens (including phenoxy) is 1. The van der Waals surface area contributed by atoms with Gasteiger partial charge in [0.25, 0.3) is 5.91 Å². The van der Waals surface area contributed by atoms with Crippen molar-refractivity contribution in [3.63, 3.8) is 0 Å². The van der Waals surface area contributed by atoms with E-state index in [2.05, 4.69) is 4.90 Å². The van der Waals surface area contributed by atoms with Gasteiger partial charge in [-0.2, -0.15) is 0 Å². The van der Waals surface area contributed by atoms with Gasteiger partial charge in [0.1, 0.15) is 5.75 Å². The molecule has 7 heteroatoms. The molecule has 0 spiro atoms. The summed E-state index contributed by atoms with van der Waals surface area (Å²) < 4.78 is 5.53. The van der Waals surface area contributed by atoms with E-state index in [0.717, 1.165) is 32.6 Å². The van der Waals surface area contributed by atoms with E-state index in [-0.39, 0.29) is 12.5 Å². The van der Waals surface area contributed by atoms with Crippen LogP contribution in [-0.4, -0.2) is 54.5 Å². The average Bonchev–Trinajstić information content (AvgIpc) is 3.19. The summed E-state index contributed by atoms with van der Waals surface area (Å²) in [5.74, 6) is 0.360. The van der Waals surface area contributed by atoms with E-state index in [0.29, 0.717) is 26.9 Å². The van der Waals surface area contributed by atoms with Crippen LogP contribution in [-0.2, 0) is 4.79 Å². The van der Waals surface area contributed by atoms with Crippen molar-refractivity contribution in [2.75, 3.05) is 32.8 Å². The van der Waals surface area contributed by atoms with Gasteiger partial charge in [-0.1, -0.05) is 34.8 Å². The molecule has 1 atom stereocenters. The van der Waals surface area contributed by atoms with Gasteiger partial charge in [-0.25, -0.2) is 0 Å². The van der Waals surface area contributed by atoms with Crippen LogP contribution in [0.2, 0.25) is 15.1 Å². The zero-order valence-electron chi connectivity index (χ0n) is 12.7. The molecule has 1 aromatic rings. The van der Waals surface area contributed by atoms with Crippen LogP contribution in [0.1, 0.15) is 19.3 Å². The highest BCUT2D eigenvalue weighted by Crippen LogP contribution is 2.33. The van der Waals surface area contributed by atoms with E-state index >= 15 is 0 Å². The molecule has 23 heavy (non-hydrogen) atoms. The van der Waals surface area contributed by atoms with Crippen LogP contribution >= 0.6 is 34.8 Å². The van der Waals surface area contributed by atoms with Gasteiger partial charge in [0, 0.05) is 25.2 Å². The Balaban J connectivity index is 1.53. The monoisotopic (exact) mass is 376 g/mol. The number of hydrogen-bond acceptors (Lipinski definition) is 3. The van der Waals surface area contributed by atoms with E-state index < -0.39 is 0 Å². The summed E-state index contributed by atoms with van der Waals surface area (Å²) in [6, 6.07) is 3.55. The Morgan fingerprint density at radius 3 is 2.52 bits per heavy atom. The molecular weight excluding hydrogens is 359 g/mol. The third-order valence-electron chi connectivity index (χ3n) is 4.50. The predicted molar refractivity (Wildman–Crippen MR) is 92.8 cm³/mol. The van der Waals surface area contributed by atoms with Crippen LogP contribution < -0.4 is 4.74 Å². The molecule has 2 aliphatic heterocycles. The summed E-state index contributed by atoms with van der Waals surface area (Å²) in [5.41, 5.74) is 0. The minimum absolute atomic E-state index is 0.0196. The molecule has 0 bridgehead atoms. The van der Waals surface area contributed by atoms with Crippen molar-refractivity contribution in [2.24, 2.45) is 0 Å². The van der Waals surface area contributed by atoms with Crippen molar-refractivity contribution in [3.8, 4) is 5.75 Å². The fourth-order valence-corrected chi connectivity index (χ4v) is 3.81. The number of likely N-dealkylation sites (tertiary alicyclic amines) is 2. The van der Waals surface area contributed by atoms with E-state index in [1.54, 1.807) is 0 Å². The summed E-state index contributed by atoms with van der Waals surface area (Å²) in [4.78, 5) is 16.7. The first kappa shape index (κ1) is 17.2. The zero-order valence-corrected chi connectivity index (χ0v) is 15.0. The highest BCUT2D eigenvalue weighted by atomic mass is 35.5. The molecule has 2 aliphatic rings. The molecule has 0 N–H and O–H groups in total. The first-order valence-corrected chi connectivity index (χ1v) is 8.97. The molecule has 1 aromatic carbocycles. The van der Waals surface area contributed by atoms with Gasteiger partial charge in [0.15, 0.2) is 6.61 Å². The molecule has 1 unspecified atom stereocenters. The molecule has 2 fully saturated rings. The molecule has 3 rings (SSSR count). The largest absolute Gasteiger partial charge is 0.482 e. The highest BCUT2D eigenvalue weighted by molar-refractivity contribution is 6.43. The van der Waals surface area contributed by atoms with Crippen LogP contribution in [0.15, 0.2) is 12.1 Å². The summed E-state index contributed by atoms with van der Waals surface area (Å²) in [6.45, 7) is 3.85. The second kappa shape index (κ2) is 7.47. The predicted octanol–water partition coefficient (Wildman–Crippen LogP) is 3.72. The Hall–Kier alpha value is -0.680. The summed E-state index contributed by atoms with van der Waals surface area (Å²) in [5, 5.41) is 1.07. The minimum Gasteiger partial charge on any atom is -0.482 e. The number of carbonyl (C=O) groups is 1. The van der Waals surface area contributed by atoms with Crippen molar-refractivity contribution in [3.05, 3.63) is 27.2 Å². The molecule has 1 amide bonds. The number of halogens is 3. The lowest BCUT2D eigenvalue weighted by Gasteiger charge is -2.23. The van der Waals surface area contributed by atoms with Gasteiger partial charge in [0.05, 0.1) is 15.1 Å². The van der Waals surface area contributed by atoms with Crippen molar-refractivity contribution in [1.29, 1.82) is 0 Å². The van der Waals surface area contributed by atoms with Crippen molar-refractivity contribution in [1.82, 2.24) is 9.80 Å². The second-order valence-corrected chi connectivity index (χ2v) is 7.23. The van der Waals surface area contributed by atoms with E-state index in [1.807, 2.05) is 4.90 Å². The standard InChI is InChI=1S/C16H19Cl3N2O2/c17-12-7-14(19)15(8-13(12)18)23-10-16(22)21-6-3-11(9-21)20-4-1-2-5-20/h7-8,11H,1-6,9-10H2. The zero-order chi connectivity index (χ0) is 16.4. The van der Waals surface area contributed by atoms with Gasteiger partial charge in [-0.3, -0.25) is 9.69 Å². The molecule has 0 aromatic heterocycles. The molecule has 126 valence electrons. The minimum atomic E-state index is -0.0373. The third-order valence-corrected chi connectivity index (χ3v) is 5.52. The van der Waals surface area contributed by atoms with Crippen LogP contribution in [0.25, 0.3) is 0 Å². The van der Waals surface area contributed by atoms with Crippen LogP contribution in [0.5, 0.6) is 5.75 Å². The smallest absolute Gasteiger partial charge is 0.260 e. The first-order valence-electron chi connectivity index (χ1n) is 7.84. The Labute approximate surface area is 151 Å². The maximum absolute atomic E-state index is 12.3. The topological polar surface area (TPSA) is 32.8 Å². The molecule has 0 aliphatic carbocycles. The first-order chi connectivity index (χ1) is 11.0. The maximum Gasteiger partial charge on any atom is 0.260 e. The van der Waals surface area contributed by atoms with Gasteiger partial charge < -0.3 is 9.64 Å². The van der Waals surface area contributed by atoms with E-state index in [1.165, 1.54) is 25.0 Å². The molecule has 0 radical (unpaired) electrons. The van der Waals surface area contributed by atoms with Gasteiger partial charge in [-0.05, 0) is 38.4 Å². The van der Waals surface area contributed by atoms with Crippen molar-refractivity contribution < 1.29 is 9.53 Å². The molecule has 2 saturated heterocycles. The van der Waals surface area contributed by atoms with Gasteiger partial charge in [0.2, 0.25) is 0 Å². The number of hydrogen-bond donors (Lipinski definition) is 0. The molecular formula is C16H19Cl3N2O2. The number of amides is 1. The van der Waals surface area contributed by atoms with Gasteiger partial charge >= 0.3 is 0 Å². The molecule has 0 saturated carbocycles. The number of nitrogens with zero attached hydrogens (tertiary/aromatic N) is 2. The SMILES string of the molecule is O=C(COc1cc(Cl)c(Cl)cc1Cl)N1CCC(N2CCCC2)C1. The maximum atomic E-state index is 12.3. The number of benzene rings is 1. The van der Waals surface area contributed by atoms with Gasteiger partial charge in [-0.15, -0.1) is 0 Å². The Morgan fingerprint density at radius 1 is 1.09 bits per heavy atom. The Kier molecular flexibility index (Phi) is 5.57. The quantitative estimate of drug-likeness (QED) is 0.750. The summed E-state index contributed by atoms with van der Waals surface area (Å²) in [7, 11) is 0. The lowest BCUT2D eigenvalue weighted by Crippen LogP contribution is -2.38. The lowest BCUT2D eigenvalue weighted by atomic mass is 10.2. The highest BCUT2D eigenvalue weighted by Gasteiger charge is 2.31. The fourth-order valence-electron chi connectivity index (χ4n) is 3.22. The third kappa shape index (κ3) is 4.05. The van der Waals surface area contributed by atoms with Crippen molar-refractivity contribution >= 4 is 40.7 Å². The summed E-state index contributed by atoms with van der Waals surface area (Å²) >= 11 is 17.9. The van der Waals surface area contributed by atoms with E-state index in [9.17, 15) is 4.79 Å². The van der Waals surface area contributed by atoms with E-state index in [4.69, 9.17) is 39.5 Å². The molecule has 2 heterocycles. The Bertz CT molecular complexity index is 591. The van der Waals surface area contributed by atoms with Crippen LogP contribution in [0.4, 0.5) is 0 Å². The Morgan fingerprint density at radius 2 is 1.78 bits per heavy atom. The fraction of sp³-hybridized carbons (Fsp3) is 0.562. The average molecular weight is 378 g/mol. The van der Waals surface area contributed by atoms with Crippen LogP contribution in [0.3, 0.4) is 0 Å².